The number of carboxylic acids is 1. The molecule has 9 heteroatoms. The number of benzene rings is 1. The SMILES string of the molecule is O=C(O)C1CCC2(CCc3cc4c(cc32)OC(CN2CCC(OC(F)(F)F)CC2)CO4)CC1. The van der Waals surface area contributed by atoms with Crippen LogP contribution in [0.4, 0.5) is 13.2 Å². The molecule has 2 heterocycles. The van der Waals surface area contributed by atoms with E-state index in [1.165, 1.54) is 11.1 Å². The summed E-state index contributed by atoms with van der Waals surface area (Å²) in [6, 6.07) is 4.19. The summed E-state index contributed by atoms with van der Waals surface area (Å²) in [6.45, 7) is 2.08. The van der Waals surface area contributed by atoms with Crippen molar-refractivity contribution < 1.29 is 37.3 Å². The Morgan fingerprint density at radius 1 is 1.12 bits per heavy atom. The molecule has 0 bridgehead atoms. The molecule has 5 rings (SSSR count). The molecule has 0 amide bonds. The summed E-state index contributed by atoms with van der Waals surface area (Å²) in [5.41, 5.74) is 2.59. The van der Waals surface area contributed by atoms with Gasteiger partial charge in [-0.2, -0.15) is 0 Å². The van der Waals surface area contributed by atoms with Gasteiger partial charge in [0.1, 0.15) is 12.7 Å². The molecule has 6 nitrogen and oxygen atoms in total. The molecule has 182 valence electrons. The molecule has 0 aromatic heterocycles. The minimum Gasteiger partial charge on any atom is -0.486 e. The maximum Gasteiger partial charge on any atom is 0.522 e. The highest BCUT2D eigenvalue weighted by Crippen LogP contribution is 2.52. The Hall–Kier alpha value is -2.00. The summed E-state index contributed by atoms with van der Waals surface area (Å²) in [5.74, 6) is 0.537. The zero-order valence-electron chi connectivity index (χ0n) is 18.5. The zero-order chi connectivity index (χ0) is 23.2. The van der Waals surface area contributed by atoms with E-state index in [1.54, 1.807) is 0 Å². The number of ether oxygens (including phenoxy) is 3. The Labute approximate surface area is 191 Å². The maximum absolute atomic E-state index is 12.4. The van der Waals surface area contributed by atoms with Crippen LogP contribution in [0.1, 0.15) is 56.1 Å². The minimum absolute atomic E-state index is 0.0347. The molecule has 2 aliphatic heterocycles. The largest absolute Gasteiger partial charge is 0.522 e. The van der Waals surface area contributed by atoms with Gasteiger partial charge in [-0.15, -0.1) is 13.2 Å². The average molecular weight is 470 g/mol. The van der Waals surface area contributed by atoms with E-state index in [1.807, 2.05) is 0 Å². The number of carbonyl (C=O) groups is 1. The fourth-order valence-corrected chi connectivity index (χ4v) is 6.13. The molecule has 1 atom stereocenters. The second-order valence-electron chi connectivity index (χ2n) is 9.96. The van der Waals surface area contributed by atoms with Gasteiger partial charge in [0.15, 0.2) is 11.5 Å². The van der Waals surface area contributed by atoms with Crippen molar-refractivity contribution in [2.75, 3.05) is 26.2 Å². The van der Waals surface area contributed by atoms with Crippen molar-refractivity contribution >= 4 is 5.97 Å². The minimum atomic E-state index is -4.58. The number of aliphatic carboxylic acids is 1. The van der Waals surface area contributed by atoms with Gasteiger partial charge in [0.05, 0.1) is 12.0 Å². The number of hydrogen-bond acceptors (Lipinski definition) is 5. The summed E-state index contributed by atoms with van der Waals surface area (Å²) in [7, 11) is 0. The number of likely N-dealkylation sites (tertiary alicyclic amines) is 1. The molecule has 2 aliphatic carbocycles. The Morgan fingerprint density at radius 2 is 1.85 bits per heavy atom. The smallest absolute Gasteiger partial charge is 0.486 e. The first-order valence-corrected chi connectivity index (χ1v) is 11.9. The second-order valence-corrected chi connectivity index (χ2v) is 9.96. The molecule has 1 N–H and O–H groups in total. The molecule has 2 fully saturated rings. The Kier molecular flexibility index (Phi) is 5.97. The highest BCUT2D eigenvalue weighted by atomic mass is 19.4. The summed E-state index contributed by atoms with van der Waals surface area (Å²) < 4.78 is 53.8. The Balaban J connectivity index is 1.21. The quantitative estimate of drug-likeness (QED) is 0.710. The van der Waals surface area contributed by atoms with Crippen LogP contribution >= 0.6 is 0 Å². The van der Waals surface area contributed by atoms with Crippen LogP contribution in [-0.2, 0) is 21.4 Å². The predicted molar refractivity (Wildman–Crippen MR) is 113 cm³/mol. The molecular formula is C24H30F3NO5. The normalized spacial score (nSPS) is 30.4. The predicted octanol–water partition coefficient (Wildman–Crippen LogP) is 4.29. The standard InChI is InChI=1S/C24H30F3NO5/c25-24(26,27)33-17-4-9-28(10-5-17)13-18-14-31-20-11-16-3-8-23(19(16)12-21(20)32-18)6-1-15(2-7-23)22(29)30/h11-12,15,17-18H,1-10,13-14H2,(H,29,30). The van der Waals surface area contributed by atoms with Crippen LogP contribution in [0.2, 0.25) is 0 Å². The fourth-order valence-electron chi connectivity index (χ4n) is 6.13. The van der Waals surface area contributed by atoms with Crippen molar-refractivity contribution in [2.45, 2.75) is 75.4 Å². The van der Waals surface area contributed by atoms with Crippen molar-refractivity contribution in [1.29, 1.82) is 0 Å². The molecule has 33 heavy (non-hydrogen) atoms. The highest BCUT2D eigenvalue weighted by molar-refractivity contribution is 5.70. The molecule has 1 saturated carbocycles. The van der Waals surface area contributed by atoms with Crippen LogP contribution in [0.25, 0.3) is 0 Å². The third kappa shape index (κ3) is 4.80. The zero-order valence-corrected chi connectivity index (χ0v) is 18.5. The van der Waals surface area contributed by atoms with Crippen molar-refractivity contribution in [3.8, 4) is 11.5 Å². The van der Waals surface area contributed by atoms with Crippen molar-refractivity contribution in [2.24, 2.45) is 5.92 Å². The van der Waals surface area contributed by atoms with Crippen molar-refractivity contribution in [3.05, 3.63) is 23.3 Å². The van der Waals surface area contributed by atoms with E-state index in [2.05, 4.69) is 21.8 Å². The van der Waals surface area contributed by atoms with Gasteiger partial charge in [-0.05, 0) is 80.0 Å². The first-order chi connectivity index (χ1) is 15.7. The molecule has 4 aliphatic rings. The molecule has 1 saturated heterocycles. The van der Waals surface area contributed by atoms with Gasteiger partial charge in [-0.3, -0.25) is 14.4 Å². The number of carboxylic acid groups (broad SMARTS) is 1. The summed E-state index contributed by atoms with van der Waals surface area (Å²) in [4.78, 5) is 13.5. The van der Waals surface area contributed by atoms with Gasteiger partial charge in [0, 0.05) is 19.6 Å². The number of aryl methyl sites for hydroxylation is 1. The lowest BCUT2D eigenvalue weighted by atomic mass is 9.67. The first kappa shape index (κ1) is 22.8. The lowest BCUT2D eigenvalue weighted by Gasteiger charge is -2.38. The average Bonchev–Trinajstić information content (AvgIpc) is 3.10. The van der Waals surface area contributed by atoms with Gasteiger partial charge in [-0.1, -0.05) is 0 Å². The number of hydrogen-bond donors (Lipinski definition) is 1. The molecular weight excluding hydrogens is 439 g/mol. The molecule has 1 aromatic carbocycles. The summed E-state index contributed by atoms with van der Waals surface area (Å²) >= 11 is 0. The molecule has 1 spiro atoms. The summed E-state index contributed by atoms with van der Waals surface area (Å²) in [6.07, 6.45) is 0.341. The van der Waals surface area contributed by atoms with Crippen LogP contribution in [0.3, 0.4) is 0 Å². The van der Waals surface area contributed by atoms with E-state index in [4.69, 9.17) is 9.47 Å². The molecule has 1 unspecified atom stereocenters. The van der Waals surface area contributed by atoms with Crippen molar-refractivity contribution in [3.63, 3.8) is 0 Å². The van der Waals surface area contributed by atoms with E-state index in [-0.39, 0.29) is 17.4 Å². The molecule has 1 aromatic rings. The Bertz CT molecular complexity index is 889. The Morgan fingerprint density at radius 3 is 2.52 bits per heavy atom. The van der Waals surface area contributed by atoms with E-state index >= 15 is 0 Å². The van der Waals surface area contributed by atoms with Gasteiger partial charge in [0.25, 0.3) is 0 Å². The lowest BCUT2D eigenvalue weighted by molar-refractivity contribution is -0.345. The second kappa shape index (κ2) is 8.65. The lowest BCUT2D eigenvalue weighted by Crippen LogP contribution is -2.46. The van der Waals surface area contributed by atoms with Crippen molar-refractivity contribution in [1.82, 2.24) is 4.90 Å². The summed E-state index contributed by atoms with van der Waals surface area (Å²) in [5, 5.41) is 9.35. The highest BCUT2D eigenvalue weighted by Gasteiger charge is 2.44. The third-order valence-corrected chi connectivity index (χ3v) is 7.92. The number of alkyl halides is 3. The van der Waals surface area contributed by atoms with E-state index in [9.17, 15) is 23.1 Å². The van der Waals surface area contributed by atoms with Crippen LogP contribution in [0.5, 0.6) is 11.5 Å². The van der Waals surface area contributed by atoms with Crippen LogP contribution < -0.4 is 9.47 Å². The number of fused-ring (bicyclic) bond motifs is 3. The van der Waals surface area contributed by atoms with Gasteiger partial charge in [-0.25, -0.2) is 0 Å². The van der Waals surface area contributed by atoms with Crippen LogP contribution in [0, 0.1) is 5.92 Å². The first-order valence-electron chi connectivity index (χ1n) is 11.9. The van der Waals surface area contributed by atoms with E-state index < -0.39 is 18.4 Å². The van der Waals surface area contributed by atoms with Gasteiger partial charge < -0.3 is 14.6 Å². The topological polar surface area (TPSA) is 68.2 Å². The number of nitrogens with zero attached hydrogens (tertiary/aromatic N) is 1. The van der Waals surface area contributed by atoms with Crippen LogP contribution in [-0.4, -0.2) is 60.8 Å². The number of rotatable bonds is 4. The van der Waals surface area contributed by atoms with Gasteiger partial charge in [0.2, 0.25) is 0 Å². The monoisotopic (exact) mass is 469 g/mol. The van der Waals surface area contributed by atoms with E-state index in [0.29, 0.717) is 51.9 Å². The molecule has 0 radical (unpaired) electrons. The van der Waals surface area contributed by atoms with Crippen LogP contribution in [0.15, 0.2) is 12.1 Å². The number of halogens is 3. The van der Waals surface area contributed by atoms with E-state index in [0.717, 1.165) is 37.2 Å². The van der Waals surface area contributed by atoms with Gasteiger partial charge >= 0.3 is 12.3 Å². The maximum atomic E-state index is 12.4. The number of piperidine rings is 1. The third-order valence-electron chi connectivity index (χ3n) is 7.92. The fraction of sp³-hybridized carbons (Fsp3) is 0.708.